The number of allylic oxidation sites excluding steroid dienone is 6. The molecule has 1 aliphatic rings. The van der Waals surface area contributed by atoms with Gasteiger partial charge < -0.3 is 15.3 Å². The maximum Gasteiger partial charge on any atom is 0.303 e. The van der Waals surface area contributed by atoms with Gasteiger partial charge in [-0.05, 0) is 32.1 Å². The summed E-state index contributed by atoms with van der Waals surface area (Å²) in [6.45, 7) is 2.08. The number of carboxylic acid groups (broad SMARTS) is 1. The molecule has 0 spiro atoms. The third-order valence-electron chi connectivity index (χ3n) is 4.60. The predicted octanol–water partition coefficient (Wildman–Crippen LogP) is 3.58. The van der Waals surface area contributed by atoms with Gasteiger partial charge in [0.25, 0.3) is 0 Å². The first-order valence-corrected chi connectivity index (χ1v) is 9.69. The first-order chi connectivity index (χ1) is 13.0. The molecule has 1 aliphatic carbocycles. The van der Waals surface area contributed by atoms with E-state index in [-0.39, 0.29) is 24.5 Å². The molecule has 5 heteroatoms. The minimum Gasteiger partial charge on any atom is -0.481 e. The van der Waals surface area contributed by atoms with E-state index in [1.54, 1.807) is 18.2 Å². The summed E-state index contributed by atoms with van der Waals surface area (Å²) in [4.78, 5) is 22.6. The van der Waals surface area contributed by atoms with E-state index in [2.05, 4.69) is 19.1 Å². The number of hydrogen-bond acceptors (Lipinski definition) is 4. The molecule has 0 unspecified atom stereocenters. The Kier molecular flexibility index (Phi) is 11.3. The molecule has 27 heavy (non-hydrogen) atoms. The molecule has 1 rings (SSSR count). The molecule has 1 fully saturated rings. The van der Waals surface area contributed by atoms with Crippen molar-refractivity contribution in [3.05, 3.63) is 48.6 Å². The Morgan fingerprint density at radius 1 is 1.19 bits per heavy atom. The number of carbonyl (C=O) groups excluding carboxylic acids is 1. The first kappa shape index (κ1) is 23.1. The summed E-state index contributed by atoms with van der Waals surface area (Å²) < 4.78 is 0. The van der Waals surface area contributed by atoms with E-state index in [0.717, 1.165) is 12.8 Å². The SMILES string of the molecule is CC/C=C\C/C=C\C[C@@H](O)/C=C/[C@H]1C(=O)C[C@H](O)[C@@H]1C/C=C\CCC(=O)O. The number of carboxylic acids is 1. The van der Waals surface area contributed by atoms with Crippen molar-refractivity contribution in [2.75, 3.05) is 0 Å². The largest absolute Gasteiger partial charge is 0.481 e. The number of Topliss-reactive ketones (excluding diaryl/α,β-unsaturated/α-hetero) is 1. The van der Waals surface area contributed by atoms with E-state index in [4.69, 9.17) is 5.11 Å². The van der Waals surface area contributed by atoms with E-state index in [0.29, 0.717) is 19.3 Å². The number of aliphatic hydroxyl groups excluding tert-OH is 2. The van der Waals surface area contributed by atoms with Gasteiger partial charge in [0.05, 0.1) is 12.2 Å². The summed E-state index contributed by atoms with van der Waals surface area (Å²) in [5.41, 5.74) is 0. The molecule has 0 heterocycles. The molecule has 0 radical (unpaired) electrons. The van der Waals surface area contributed by atoms with Crippen molar-refractivity contribution < 1.29 is 24.9 Å². The average molecular weight is 376 g/mol. The number of aliphatic hydroxyl groups is 2. The van der Waals surface area contributed by atoms with Crippen molar-refractivity contribution in [3.8, 4) is 0 Å². The van der Waals surface area contributed by atoms with Gasteiger partial charge in [-0.2, -0.15) is 0 Å². The Labute approximate surface area is 161 Å². The van der Waals surface area contributed by atoms with Crippen LogP contribution < -0.4 is 0 Å². The average Bonchev–Trinajstić information content (AvgIpc) is 2.88. The lowest BCUT2D eigenvalue weighted by molar-refractivity contribution is -0.136. The highest BCUT2D eigenvalue weighted by Gasteiger charge is 2.39. The molecule has 0 amide bonds. The molecule has 0 aliphatic heterocycles. The predicted molar refractivity (Wildman–Crippen MR) is 106 cm³/mol. The van der Waals surface area contributed by atoms with E-state index in [1.807, 2.05) is 18.2 Å². The molecular formula is C22H32O5. The Bertz CT molecular complexity index is 573. The Morgan fingerprint density at radius 3 is 2.63 bits per heavy atom. The lowest BCUT2D eigenvalue weighted by Gasteiger charge is -2.16. The summed E-state index contributed by atoms with van der Waals surface area (Å²) >= 11 is 0. The molecule has 0 aromatic heterocycles. The van der Waals surface area contributed by atoms with Gasteiger partial charge in [0, 0.05) is 24.7 Å². The maximum absolute atomic E-state index is 12.1. The van der Waals surface area contributed by atoms with Crippen molar-refractivity contribution in [1.29, 1.82) is 0 Å². The molecule has 0 aromatic carbocycles. The maximum atomic E-state index is 12.1. The smallest absolute Gasteiger partial charge is 0.303 e. The van der Waals surface area contributed by atoms with Gasteiger partial charge >= 0.3 is 5.97 Å². The van der Waals surface area contributed by atoms with Gasteiger partial charge in [-0.25, -0.2) is 0 Å². The molecule has 0 aromatic rings. The van der Waals surface area contributed by atoms with Crippen LogP contribution in [0.15, 0.2) is 48.6 Å². The van der Waals surface area contributed by atoms with E-state index < -0.39 is 24.1 Å². The zero-order chi connectivity index (χ0) is 20.1. The van der Waals surface area contributed by atoms with Crippen LogP contribution in [0.25, 0.3) is 0 Å². The molecule has 0 saturated heterocycles. The fraction of sp³-hybridized carbons (Fsp3) is 0.545. The number of ketones is 1. The molecule has 3 N–H and O–H groups in total. The van der Waals surface area contributed by atoms with Gasteiger partial charge in [-0.1, -0.05) is 55.5 Å². The topological polar surface area (TPSA) is 94.8 Å². The Morgan fingerprint density at radius 2 is 1.93 bits per heavy atom. The van der Waals surface area contributed by atoms with Crippen molar-refractivity contribution in [2.24, 2.45) is 11.8 Å². The van der Waals surface area contributed by atoms with E-state index in [1.165, 1.54) is 0 Å². The summed E-state index contributed by atoms with van der Waals surface area (Å²) in [5, 5.41) is 28.8. The van der Waals surface area contributed by atoms with Gasteiger partial charge in [0.1, 0.15) is 5.78 Å². The molecule has 0 bridgehead atoms. The lowest BCUT2D eigenvalue weighted by Crippen LogP contribution is -2.19. The second-order valence-corrected chi connectivity index (χ2v) is 6.84. The van der Waals surface area contributed by atoms with Gasteiger partial charge in [-0.3, -0.25) is 9.59 Å². The normalized spacial score (nSPS) is 24.9. The molecule has 1 saturated carbocycles. The van der Waals surface area contributed by atoms with Crippen LogP contribution in [0.5, 0.6) is 0 Å². The summed E-state index contributed by atoms with van der Waals surface area (Å²) in [6.07, 6.45) is 17.2. The van der Waals surface area contributed by atoms with Crippen molar-refractivity contribution in [1.82, 2.24) is 0 Å². The Hall–Kier alpha value is -1.98. The highest BCUT2D eigenvalue weighted by Crippen LogP contribution is 2.33. The van der Waals surface area contributed by atoms with E-state index >= 15 is 0 Å². The van der Waals surface area contributed by atoms with Crippen molar-refractivity contribution in [2.45, 2.75) is 64.1 Å². The van der Waals surface area contributed by atoms with Crippen LogP contribution in [0.1, 0.15) is 51.9 Å². The third-order valence-corrected chi connectivity index (χ3v) is 4.60. The second-order valence-electron chi connectivity index (χ2n) is 6.84. The lowest BCUT2D eigenvalue weighted by atomic mass is 9.90. The van der Waals surface area contributed by atoms with Gasteiger partial charge in [0.2, 0.25) is 0 Å². The fourth-order valence-corrected chi connectivity index (χ4v) is 3.10. The minimum atomic E-state index is -0.846. The molecule has 4 atom stereocenters. The zero-order valence-electron chi connectivity index (χ0n) is 16.0. The fourth-order valence-electron chi connectivity index (χ4n) is 3.10. The van der Waals surface area contributed by atoms with Crippen LogP contribution in [0, 0.1) is 11.8 Å². The highest BCUT2D eigenvalue weighted by atomic mass is 16.4. The first-order valence-electron chi connectivity index (χ1n) is 9.69. The molecule has 5 nitrogen and oxygen atoms in total. The summed E-state index contributed by atoms with van der Waals surface area (Å²) in [7, 11) is 0. The van der Waals surface area contributed by atoms with Crippen LogP contribution in [-0.4, -0.2) is 39.3 Å². The third kappa shape index (κ3) is 9.50. The van der Waals surface area contributed by atoms with Crippen LogP contribution in [-0.2, 0) is 9.59 Å². The van der Waals surface area contributed by atoms with Crippen molar-refractivity contribution >= 4 is 11.8 Å². The zero-order valence-corrected chi connectivity index (χ0v) is 16.0. The summed E-state index contributed by atoms with van der Waals surface area (Å²) in [5.74, 6) is -1.50. The van der Waals surface area contributed by atoms with Gasteiger partial charge in [0.15, 0.2) is 0 Å². The summed E-state index contributed by atoms with van der Waals surface area (Å²) in [6, 6.07) is 0. The molecular weight excluding hydrogens is 344 g/mol. The van der Waals surface area contributed by atoms with E-state index in [9.17, 15) is 19.8 Å². The minimum absolute atomic E-state index is 0.0184. The number of hydrogen-bond donors (Lipinski definition) is 3. The monoisotopic (exact) mass is 376 g/mol. The number of carbonyl (C=O) groups is 2. The highest BCUT2D eigenvalue weighted by molar-refractivity contribution is 5.86. The standard InChI is InChI=1S/C22H32O5/c1-2-3-4-5-6-8-11-17(23)14-15-19-18(20(24)16-21(19)25)12-9-7-10-13-22(26)27/h3-4,6-9,14-15,17-20,23-24H,2,5,10-13,16H2,1H3,(H,26,27)/b4-3-,8-6-,9-7-,15-14+/t17-,18-,19-,20+/m1/s1. The second kappa shape index (κ2) is 13.2. The van der Waals surface area contributed by atoms with Crippen LogP contribution in [0.3, 0.4) is 0 Å². The Balaban J connectivity index is 2.50. The number of rotatable bonds is 12. The van der Waals surface area contributed by atoms with Crippen LogP contribution >= 0.6 is 0 Å². The number of aliphatic carboxylic acids is 1. The molecule has 150 valence electrons. The van der Waals surface area contributed by atoms with Gasteiger partial charge in [-0.15, -0.1) is 0 Å². The quantitative estimate of drug-likeness (QED) is 0.453. The van der Waals surface area contributed by atoms with Crippen molar-refractivity contribution in [3.63, 3.8) is 0 Å². The van der Waals surface area contributed by atoms with Crippen LogP contribution in [0.4, 0.5) is 0 Å². The van der Waals surface area contributed by atoms with Crippen LogP contribution in [0.2, 0.25) is 0 Å².